The quantitative estimate of drug-likeness (QED) is 0.0856. The van der Waals surface area contributed by atoms with Crippen LogP contribution in [0, 0.1) is 58.8 Å². The molecule has 0 unspecified atom stereocenters. The predicted molar refractivity (Wildman–Crippen MR) is 228 cm³/mol. The largest absolute Gasteiger partial charge is 0.512 e. The number of aromatic nitrogens is 2. The summed E-state index contributed by atoms with van der Waals surface area (Å²) in [6.07, 6.45) is 9.82. The predicted octanol–water partition coefficient (Wildman–Crippen LogP) is 13.2. The van der Waals surface area contributed by atoms with Crippen molar-refractivity contribution >= 4 is 48.2 Å². The summed E-state index contributed by atoms with van der Waals surface area (Å²) in [4.78, 5) is 21.8. The second kappa shape index (κ2) is 18.7. The van der Waals surface area contributed by atoms with Gasteiger partial charge in [-0.2, -0.15) is 5.26 Å². The minimum Gasteiger partial charge on any atom is -0.512 e. The number of ketones is 1. The van der Waals surface area contributed by atoms with Gasteiger partial charge in [-0.25, -0.2) is 4.98 Å². The molecule has 0 atom stereocenters. The summed E-state index contributed by atoms with van der Waals surface area (Å²) < 4.78 is 2.38. The average molecular weight is 935 g/mol. The number of nitriles is 1. The van der Waals surface area contributed by atoms with Gasteiger partial charge in [-0.1, -0.05) is 137 Å². The van der Waals surface area contributed by atoms with Crippen LogP contribution in [-0.2, 0) is 36.7 Å². The van der Waals surface area contributed by atoms with E-state index in [0.29, 0.717) is 29.2 Å². The molecule has 55 heavy (non-hydrogen) atoms. The molecule has 1 N–H and O–H groups in total. The van der Waals surface area contributed by atoms with Gasteiger partial charge in [0.2, 0.25) is 0 Å². The maximum Gasteiger partial charge on any atom is 0.162 e. The van der Waals surface area contributed by atoms with Gasteiger partial charge < -0.3 is 5.11 Å². The molecule has 2 heterocycles. The van der Waals surface area contributed by atoms with Crippen molar-refractivity contribution in [3.63, 3.8) is 0 Å². The monoisotopic (exact) mass is 935 g/mol. The number of fused-ring (bicyclic) bond motifs is 4. The smallest absolute Gasteiger partial charge is 0.162 e. The molecule has 1 fully saturated rings. The van der Waals surface area contributed by atoms with E-state index >= 15 is 0 Å². The van der Waals surface area contributed by atoms with Gasteiger partial charge in [0.15, 0.2) is 5.78 Å². The van der Waals surface area contributed by atoms with E-state index in [0.717, 1.165) is 38.2 Å². The summed E-state index contributed by atoms with van der Waals surface area (Å²) >= 11 is 1.78. The fourth-order valence-corrected chi connectivity index (χ4v) is 10.0. The van der Waals surface area contributed by atoms with Crippen molar-refractivity contribution in [2.45, 2.75) is 114 Å². The molecule has 7 heteroatoms. The van der Waals surface area contributed by atoms with E-state index in [-0.39, 0.29) is 48.9 Å². The number of aliphatic hydroxyl groups is 1. The summed E-state index contributed by atoms with van der Waals surface area (Å²) in [5.41, 5.74) is 6.15. The van der Waals surface area contributed by atoms with Crippen molar-refractivity contribution < 1.29 is 30.0 Å². The van der Waals surface area contributed by atoms with E-state index in [9.17, 15) is 15.2 Å². The topological polar surface area (TPSA) is 86.9 Å². The first-order chi connectivity index (χ1) is 25.5. The van der Waals surface area contributed by atoms with Crippen LogP contribution in [0.15, 0.2) is 60.6 Å². The van der Waals surface area contributed by atoms with Crippen LogP contribution >= 0.6 is 11.3 Å². The van der Waals surface area contributed by atoms with Crippen LogP contribution in [0.4, 0.5) is 0 Å². The van der Waals surface area contributed by atoms with Crippen LogP contribution < -0.4 is 0 Å². The minimum absolute atomic E-state index is 0. The van der Waals surface area contributed by atoms with Gasteiger partial charge >= 0.3 is 0 Å². The molecule has 5 nitrogen and oxygen atoms in total. The molecule has 0 saturated heterocycles. The molecule has 1 aliphatic rings. The number of rotatable bonds is 10. The Kier molecular flexibility index (Phi) is 15.0. The molecule has 1 aliphatic carbocycles. The number of thiophene rings is 1. The Balaban J connectivity index is 0.000000290. The molecule has 5 aromatic rings. The Morgan fingerprint density at radius 3 is 2.11 bits per heavy atom. The Morgan fingerprint density at radius 2 is 1.53 bits per heavy atom. The first-order valence-electron chi connectivity index (χ1n) is 20.0. The second-order valence-corrected chi connectivity index (χ2v) is 19.0. The first kappa shape index (κ1) is 44.3. The molecule has 1 saturated carbocycles. The normalized spacial score (nSPS) is 14.1. The third-order valence-electron chi connectivity index (χ3n) is 11.2. The van der Waals surface area contributed by atoms with E-state index < -0.39 is 0 Å². The number of hydrogen-bond donors (Lipinski definition) is 1. The average Bonchev–Trinajstić information content (AvgIpc) is 3.74. The van der Waals surface area contributed by atoms with Crippen LogP contribution in [0.1, 0.15) is 119 Å². The summed E-state index contributed by atoms with van der Waals surface area (Å²) in [6, 6.07) is 20.9. The van der Waals surface area contributed by atoms with Crippen molar-refractivity contribution in [1.29, 1.82) is 5.26 Å². The van der Waals surface area contributed by atoms with Gasteiger partial charge in [0, 0.05) is 64.1 Å². The first-order valence-corrected chi connectivity index (χ1v) is 20.8. The molecule has 1 radical (unpaired) electrons. The molecule has 0 spiro atoms. The summed E-state index contributed by atoms with van der Waals surface area (Å²) in [7, 11) is 0. The van der Waals surface area contributed by atoms with Crippen LogP contribution in [-0.4, -0.2) is 20.9 Å². The van der Waals surface area contributed by atoms with Crippen molar-refractivity contribution in [2.75, 3.05) is 0 Å². The molecular weight excluding hydrogens is 875 g/mol. The van der Waals surface area contributed by atoms with E-state index in [1.807, 2.05) is 12.1 Å². The van der Waals surface area contributed by atoms with Gasteiger partial charge in [-0.05, 0) is 53.1 Å². The van der Waals surface area contributed by atoms with Crippen molar-refractivity contribution in [3.05, 3.63) is 83.4 Å². The zero-order chi connectivity index (χ0) is 39.5. The standard InChI is InChI=1S/C31H28N3S.C17H32O2.Ir/c1-31(2,3)26-16-23(15-22-13-21(17-32)9-10-24(22)26)28-30-29(34-18-33-28)25-11-8-20(14-27(25)35-30)12-19-6-4-5-7-19;1-10(2)16(11(3)4)14(18)9-15(19)17(12(5)6)13(7)8;/h8-11,13-14,16,18-19H,4-7,12H2,1-3H3;9-13,16-18H,1-8H3;/q-1;;/b;14-9-;. The van der Waals surface area contributed by atoms with Crippen molar-refractivity contribution in [3.8, 4) is 17.3 Å². The third-order valence-corrected chi connectivity index (χ3v) is 12.4. The van der Waals surface area contributed by atoms with Gasteiger partial charge in [0.25, 0.3) is 0 Å². The molecule has 0 amide bonds. The van der Waals surface area contributed by atoms with E-state index in [2.05, 4.69) is 119 Å². The van der Waals surface area contributed by atoms with Crippen LogP contribution in [0.25, 0.3) is 42.3 Å². The maximum absolute atomic E-state index is 12.3. The summed E-state index contributed by atoms with van der Waals surface area (Å²) in [5.74, 6) is 2.46. The Hall–Kier alpha value is -3.43. The number of carbonyl (C=O) groups is 1. The Labute approximate surface area is 347 Å². The van der Waals surface area contributed by atoms with Crippen LogP contribution in [0.2, 0.25) is 0 Å². The minimum atomic E-state index is -0.0578. The number of allylic oxidation sites excluding steroid dienone is 2. The zero-order valence-corrected chi connectivity index (χ0v) is 37.9. The molecule has 2 aromatic heterocycles. The summed E-state index contributed by atoms with van der Waals surface area (Å²) in [5, 5.41) is 23.0. The van der Waals surface area contributed by atoms with E-state index in [1.54, 1.807) is 17.7 Å². The number of carbonyl (C=O) groups excluding carboxylic acids is 1. The van der Waals surface area contributed by atoms with Gasteiger partial charge in [0.05, 0.1) is 17.3 Å². The third kappa shape index (κ3) is 10.3. The van der Waals surface area contributed by atoms with Gasteiger partial charge in [0.1, 0.15) is 6.33 Å². The van der Waals surface area contributed by atoms with Crippen molar-refractivity contribution in [2.24, 2.45) is 41.4 Å². The molecule has 295 valence electrons. The maximum atomic E-state index is 12.3. The number of benzene rings is 3. The number of nitrogens with zero attached hydrogens (tertiary/aromatic N) is 3. The van der Waals surface area contributed by atoms with Crippen molar-refractivity contribution in [1.82, 2.24) is 9.97 Å². The molecular formula is C48H60IrN3O2S-. The number of hydrogen-bond acceptors (Lipinski definition) is 6. The zero-order valence-electron chi connectivity index (χ0n) is 34.7. The van der Waals surface area contributed by atoms with E-state index in [4.69, 9.17) is 9.97 Å². The molecule has 0 bridgehead atoms. The fourth-order valence-electron chi connectivity index (χ4n) is 8.81. The Bertz CT molecular complexity index is 2160. The molecule has 3 aromatic carbocycles. The molecule has 0 aliphatic heterocycles. The summed E-state index contributed by atoms with van der Waals surface area (Å²) in [6.45, 7) is 23.3. The van der Waals surface area contributed by atoms with Gasteiger partial charge in [-0.3, -0.25) is 9.78 Å². The fraction of sp³-hybridized carbons (Fsp3) is 0.500. The SMILES string of the molecule is CC(C)(C)c1cc(-c2ncnc3c2sc2cc(CC4CCCC4)ccc23)[c-]c2cc(C#N)ccc12.CC(C)C(C(=O)/C=C(\O)C(C(C)C)C(C)C)C(C)C.[Ir]. The van der Waals surface area contributed by atoms with Crippen LogP contribution in [0.3, 0.4) is 0 Å². The molecule has 6 rings (SSSR count). The second-order valence-electron chi connectivity index (χ2n) is 17.9. The Morgan fingerprint density at radius 1 is 0.909 bits per heavy atom. The van der Waals surface area contributed by atoms with Crippen LogP contribution in [0.5, 0.6) is 0 Å². The number of aliphatic hydroxyl groups excluding tert-OH is 1. The van der Waals surface area contributed by atoms with Gasteiger partial charge in [-0.15, -0.1) is 40.5 Å². The van der Waals surface area contributed by atoms with E-state index in [1.165, 1.54) is 59.4 Å².